The van der Waals surface area contributed by atoms with Crippen LogP contribution in [-0.2, 0) is 30.5 Å². The van der Waals surface area contributed by atoms with Crippen LogP contribution in [0.3, 0.4) is 0 Å². The maximum atomic E-state index is 13.1. The third-order valence-electron chi connectivity index (χ3n) is 7.32. The fourth-order valence-corrected chi connectivity index (χ4v) is 5.59. The van der Waals surface area contributed by atoms with E-state index in [9.17, 15) is 4.79 Å². The van der Waals surface area contributed by atoms with Crippen molar-refractivity contribution in [2.24, 2.45) is 0 Å². The Morgan fingerprint density at radius 1 is 0.774 bits per heavy atom. The lowest BCUT2D eigenvalue weighted by atomic mass is 9.85. The van der Waals surface area contributed by atoms with Crippen molar-refractivity contribution < 1.29 is 4.79 Å². The molecule has 2 aromatic rings. The Labute approximate surface area is 183 Å². The highest BCUT2D eigenvalue weighted by atomic mass is 16.2. The summed E-state index contributed by atoms with van der Waals surface area (Å²) in [6.07, 6.45) is 5.80. The zero-order valence-electron chi connectivity index (χ0n) is 17.7. The number of piperazine rings is 1. The van der Waals surface area contributed by atoms with E-state index in [0.29, 0.717) is 12.6 Å². The van der Waals surface area contributed by atoms with Crippen molar-refractivity contribution in [1.82, 2.24) is 9.80 Å². The first kappa shape index (κ1) is 19.8. The van der Waals surface area contributed by atoms with Gasteiger partial charge in [0.05, 0.1) is 29.8 Å². The molecule has 0 radical (unpaired) electrons. The van der Waals surface area contributed by atoms with Crippen LogP contribution in [0.25, 0.3) is 0 Å². The van der Waals surface area contributed by atoms with Crippen molar-refractivity contribution in [3.63, 3.8) is 0 Å². The van der Waals surface area contributed by atoms with E-state index in [0.717, 1.165) is 62.7 Å². The third-order valence-corrected chi connectivity index (χ3v) is 7.32. The van der Waals surface area contributed by atoms with Crippen molar-refractivity contribution in [1.29, 1.82) is 10.5 Å². The van der Waals surface area contributed by atoms with E-state index in [1.165, 1.54) is 22.3 Å². The summed E-state index contributed by atoms with van der Waals surface area (Å²) in [5.41, 5.74) is 6.62. The molecule has 1 saturated heterocycles. The van der Waals surface area contributed by atoms with Crippen LogP contribution in [0, 0.1) is 22.7 Å². The summed E-state index contributed by atoms with van der Waals surface area (Å²) in [4.78, 5) is 17.6. The minimum atomic E-state index is 0.249. The molecule has 3 aliphatic rings. The van der Waals surface area contributed by atoms with Crippen molar-refractivity contribution >= 4 is 5.91 Å². The molecular weight excluding hydrogens is 384 g/mol. The zero-order chi connectivity index (χ0) is 21.4. The highest BCUT2D eigenvalue weighted by Crippen LogP contribution is 2.29. The minimum absolute atomic E-state index is 0.249. The zero-order valence-corrected chi connectivity index (χ0v) is 17.7. The molecule has 1 heterocycles. The summed E-state index contributed by atoms with van der Waals surface area (Å²) in [6.45, 7) is 2.23. The monoisotopic (exact) mass is 410 g/mol. The molecule has 0 spiro atoms. The van der Waals surface area contributed by atoms with Crippen LogP contribution in [-0.4, -0.2) is 47.4 Å². The topological polar surface area (TPSA) is 71.1 Å². The molecule has 2 atom stereocenters. The number of amides is 1. The van der Waals surface area contributed by atoms with Gasteiger partial charge >= 0.3 is 0 Å². The van der Waals surface area contributed by atoms with Crippen molar-refractivity contribution in [2.45, 2.75) is 50.6 Å². The van der Waals surface area contributed by atoms with Gasteiger partial charge in [-0.15, -0.1) is 0 Å². The number of nitrogens with zero attached hydrogens (tertiary/aromatic N) is 4. The Kier molecular flexibility index (Phi) is 5.22. The highest BCUT2D eigenvalue weighted by Gasteiger charge is 2.35. The Morgan fingerprint density at radius 2 is 1.35 bits per heavy atom. The molecule has 0 aromatic heterocycles. The molecule has 2 aromatic carbocycles. The molecule has 1 aliphatic heterocycles. The van der Waals surface area contributed by atoms with E-state index in [1.807, 2.05) is 24.3 Å². The molecular formula is C26H26N4O. The third kappa shape index (κ3) is 3.82. The Morgan fingerprint density at radius 3 is 1.94 bits per heavy atom. The fourth-order valence-electron chi connectivity index (χ4n) is 5.59. The van der Waals surface area contributed by atoms with Gasteiger partial charge < -0.3 is 4.90 Å². The summed E-state index contributed by atoms with van der Waals surface area (Å²) in [5.74, 6) is 0.249. The number of rotatable bonds is 2. The number of benzene rings is 2. The van der Waals surface area contributed by atoms with Gasteiger partial charge in [-0.3, -0.25) is 9.69 Å². The lowest BCUT2D eigenvalue weighted by Crippen LogP contribution is -2.58. The molecule has 1 fully saturated rings. The number of aryl methyl sites for hydroxylation is 2. The fraction of sp³-hybridized carbons (Fsp3) is 0.423. The first-order valence-electron chi connectivity index (χ1n) is 11.2. The van der Waals surface area contributed by atoms with Gasteiger partial charge in [0.2, 0.25) is 5.91 Å². The maximum Gasteiger partial charge on any atom is 0.237 e. The molecule has 2 aliphatic carbocycles. The smallest absolute Gasteiger partial charge is 0.237 e. The molecule has 5 nitrogen and oxygen atoms in total. The minimum Gasteiger partial charge on any atom is -0.337 e. The largest absolute Gasteiger partial charge is 0.337 e. The summed E-state index contributed by atoms with van der Waals surface area (Å²) in [6, 6.07) is 17.1. The normalized spacial score (nSPS) is 23.4. The predicted octanol–water partition coefficient (Wildman–Crippen LogP) is 2.99. The molecule has 156 valence electrons. The lowest BCUT2D eigenvalue weighted by molar-refractivity contribution is -0.140. The number of nitriles is 2. The Bertz CT molecular complexity index is 1110. The summed E-state index contributed by atoms with van der Waals surface area (Å²) in [7, 11) is 0. The highest BCUT2D eigenvalue weighted by molar-refractivity contribution is 5.79. The number of carbonyl (C=O) groups is 1. The average Bonchev–Trinajstić information content (AvgIpc) is 2.82. The number of carbonyl (C=O) groups excluding carboxylic acids is 1. The van der Waals surface area contributed by atoms with E-state index in [1.54, 1.807) is 0 Å². The van der Waals surface area contributed by atoms with E-state index in [2.05, 4.69) is 34.1 Å². The molecule has 0 unspecified atom stereocenters. The molecule has 0 N–H and O–H groups in total. The van der Waals surface area contributed by atoms with Gasteiger partial charge in [-0.1, -0.05) is 12.1 Å². The Hall–Kier alpha value is -3.15. The first-order chi connectivity index (χ1) is 15.1. The van der Waals surface area contributed by atoms with Crippen LogP contribution in [0.2, 0.25) is 0 Å². The summed E-state index contributed by atoms with van der Waals surface area (Å²) in [5, 5.41) is 18.2. The number of hydrogen-bond acceptors (Lipinski definition) is 4. The summed E-state index contributed by atoms with van der Waals surface area (Å²) < 4.78 is 0. The van der Waals surface area contributed by atoms with Gasteiger partial charge in [-0.05, 0) is 85.0 Å². The van der Waals surface area contributed by atoms with E-state index in [4.69, 9.17) is 10.5 Å². The maximum absolute atomic E-state index is 13.1. The van der Waals surface area contributed by atoms with Crippen LogP contribution in [0.4, 0.5) is 0 Å². The second-order valence-electron chi connectivity index (χ2n) is 9.04. The second-order valence-corrected chi connectivity index (χ2v) is 9.04. The van der Waals surface area contributed by atoms with Gasteiger partial charge in [-0.2, -0.15) is 10.5 Å². The Balaban J connectivity index is 1.22. The van der Waals surface area contributed by atoms with Crippen molar-refractivity contribution in [3.8, 4) is 12.1 Å². The van der Waals surface area contributed by atoms with E-state index < -0.39 is 0 Å². The van der Waals surface area contributed by atoms with Crippen molar-refractivity contribution in [2.75, 3.05) is 19.6 Å². The first-order valence-corrected chi connectivity index (χ1v) is 11.2. The molecule has 1 amide bonds. The van der Waals surface area contributed by atoms with Crippen LogP contribution in [0.15, 0.2) is 36.4 Å². The standard InChI is InChI=1S/C26H26N4O/c27-15-18-1-3-22-13-24(7-5-20(22)11-18)29-9-10-30(26(31)17-29)25-8-6-21-12-19(16-28)2-4-23(21)14-25/h1-4,11-12,24-25H,5-10,13-14,17H2/t24-,25-/m0/s1. The molecule has 31 heavy (non-hydrogen) atoms. The van der Waals surface area contributed by atoms with Crippen LogP contribution in [0.1, 0.15) is 46.2 Å². The molecule has 5 rings (SSSR count). The second kappa shape index (κ2) is 8.17. The van der Waals surface area contributed by atoms with Crippen molar-refractivity contribution in [3.05, 3.63) is 69.8 Å². The average molecular weight is 411 g/mol. The van der Waals surface area contributed by atoms with Gasteiger partial charge in [-0.25, -0.2) is 0 Å². The number of hydrogen-bond donors (Lipinski definition) is 0. The molecule has 5 heteroatoms. The SMILES string of the molecule is N#Cc1ccc2c(c1)CC[C@H](N1CCN([C@H]3CCc4cc(C#N)ccc4C3)C(=O)C1)C2. The van der Waals surface area contributed by atoms with E-state index >= 15 is 0 Å². The molecule has 0 saturated carbocycles. The lowest BCUT2D eigenvalue weighted by Gasteiger charge is -2.44. The van der Waals surface area contributed by atoms with Gasteiger partial charge in [0, 0.05) is 25.2 Å². The molecule has 0 bridgehead atoms. The van der Waals surface area contributed by atoms with Gasteiger partial charge in [0.1, 0.15) is 0 Å². The van der Waals surface area contributed by atoms with E-state index in [-0.39, 0.29) is 11.9 Å². The van der Waals surface area contributed by atoms with Gasteiger partial charge in [0.15, 0.2) is 0 Å². The van der Waals surface area contributed by atoms with Crippen LogP contribution in [0.5, 0.6) is 0 Å². The quantitative estimate of drug-likeness (QED) is 0.763. The van der Waals surface area contributed by atoms with Crippen LogP contribution >= 0.6 is 0 Å². The number of fused-ring (bicyclic) bond motifs is 2. The predicted molar refractivity (Wildman–Crippen MR) is 117 cm³/mol. The van der Waals surface area contributed by atoms with Gasteiger partial charge in [0.25, 0.3) is 0 Å². The summed E-state index contributed by atoms with van der Waals surface area (Å²) >= 11 is 0. The van der Waals surface area contributed by atoms with Crippen LogP contribution < -0.4 is 0 Å².